The minimum absolute atomic E-state index is 0.0441. The maximum atomic E-state index is 12.9. The van der Waals surface area contributed by atoms with Crippen molar-refractivity contribution in [3.8, 4) is 17.2 Å². The van der Waals surface area contributed by atoms with Gasteiger partial charge >= 0.3 is 0 Å². The largest absolute Gasteiger partial charge is 0.504 e. The standard InChI is InChI=1S/C23H31NO7/c25-18-14(11-7-5-3-1-2-4-6-8-11)15-12-9-13-22(31-10-30-13)19(26)16(12)23(29)24-17(15)20(27)21(18)28/h9,11,14-15,17-18,20-21,25-28H,1-8,10H2,(H,24,29). The molecular weight excluding hydrogens is 402 g/mol. The summed E-state index contributed by atoms with van der Waals surface area (Å²) in [4.78, 5) is 12.9. The molecule has 1 amide bonds. The van der Waals surface area contributed by atoms with Crippen molar-refractivity contribution < 1.29 is 34.7 Å². The molecule has 0 spiro atoms. The van der Waals surface area contributed by atoms with Crippen molar-refractivity contribution in [3.63, 3.8) is 0 Å². The van der Waals surface area contributed by atoms with E-state index >= 15 is 0 Å². The summed E-state index contributed by atoms with van der Waals surface area (Å²) in [5.41, 5.74) is 0.653. The Morgan fingerprint density at radius 3 is 2.29 bits per heavy atom. The second kappa shape index (κ2) is 8.15. The molecule has 4 aliphatic rings. The number of hydrogen-bond acceptors (Lipinski definition) is 7. The van der Waals surface area contributed by atoms with Crippen LogP contribution in [0, 0.1) is 11.8 Å². The highest BCUT2D eigenvalue weighted by Crippen LogP contribution is 2.53. The Morgan fingerprint density at radius 2 is 1.58 bits per heavy atom. The minimum Gasteiger partial charge on any atom is -0.504 e. The number of fused-ring (bicyclic) bond motifs is 4. The van der Waals surface area contributed by atoms with Gasteiger partial charge in [0, 0.05) is 5.92 Å². The molecule has 0 saturated heterocycles. The van der Waals surface area contributed by atoms with E-state index in [9.17, 15) is 25.2 Å². The van der Waals surface area contributed by atoms with Gasteiger partial charge < -0.3 is 35.2 Å². The van der Waals surface area contributed by atoms with Gasteiger partial charge in [0.15, 0.2) is 11.5 Å². The van der Waals surface area contributed by atoms with Crippen molar-refractivity contribution in [1.29, 1.82) is 0 Å². The Hall–Kier alpha value is -2.03. The van der Waals surface area contributed by atoms with Gasteiger partial charge in [-0.1, -0.05) is 51.4 Å². The third kappa shape index (κ3) is 3.36. The molecule has 1 aromatic rings. The maximum Gasteiger partial charge on any atom is 0.255 e. The van der Waals surface area contributed by atoms with Gasteiger partial charge in [-0.15, -0.1) is 0 Å². The van der Waals surface area contributed by atoms with Crippen molar-refractivity contribution >= 4 is 5.91 Å². The highest BCUT2D eigenvalue weighted by molar-refractivity contribution is 6.01. The fourth-order valence-corrected chi connectivity index (χ4v) is 6.27. The number of aliphatic hydroxyl groups is 3. The molecule has 2 saturated carbocycles. The Bertz CT molecular complexity index is 849. The summed E-state index contributed by atoms with van der Waals surface area (Å²) in [5, 5.41) is 46.2. The Morgan fingerprint density at radius 1 is 0.903 bits per heavy atom. The maximum absolute atomic E-state index is 12.9. The Labute approximate surface area is 181 Å². The molecule has 2 heterocycles. The van der Waals surface area contributed by atoms with Crippen LogP contribution in [0.3, 0.4) is 0 Å². The van der Waals surface area contributed by atoms with E-state index in [1.807, 2.05) is 0 Å². The number of amides is 1. The van der Waals surface area contributed by atoms with Crippen molar-refractivity contribution in [2.24, 2.45) is 11.8 Å². The average Bonchev–Trinajstić information content (AvgIpc) is 3.26. The van der Waals surface area contributed by atoms with Crippen LogP contribution >= 0.6 is 0 Å². The van der Waals surface area contributed by atoms with E-state index in [0.717, 1.165) is 38.5 Å². The van der Waals surface area contributed by atoms with Crippen LogP contribution in [0.15, 0.2) is 6.07 Å². The van der Waals surface area contributed by atoms with E-state index in [1.165, 1.54) is 12.8 Å². The first-order chi connectivity index (χ1) is 15.0. The molecule has 1 aromatic carbocycles. The molecule has 0 bridgehead atoms. The molecule has 0 aromatic heterocycles. The number of nitrogens with one attached hydrogen (secondary N) is 1. The number of phenols is 1. The lowest BCUT2D eigenvalue weighted by atomic mass is 9.60. The normalized spacial score (nSPS) is 35.9. The number of aliphatic hydroxyl groups excluding tert-OH is 3. The van der Waals surface area contributed by atoms with Crippen molar-refractivity contribution in [2.45, 2.75) is 81.6 Å². The molecule has 8 heteroatoms. The van der Waals surface area contributed by atoms with Gasteiger partial charge in [-0.05, 0) is 23.5 Å². The van der Waals surface area contributed by atoms with Crippen LogP contribution in [0.1, 0.15) is 73.2 Å². The summed E-state index contributed by atoms with van der Waals surface area (Å²) >= 11 is 0. The predicted octanol–water partition coefficient (Wildman–Crippen LogP) is 1.78. The molecule has 6 unspecified atom stereocenters. The smallest absolute Gasteiger partial charge is 0.255 e. The minimum atomic E-state index is -1.34. The monoisotopic (exact) mass is 433 g/mol. The van der Waals surface area contributed by atoms with Gasteiger partial charge in [0.2, 0.25) is 12.5 Å². The summed E-state index contributed by atoms with van der Waals surface area (Å²) in [6.45, 7) is -0.0441. The highest BCUT2D eigenvalue weighted by Gasteiger charge is 2.55. The quantitative estimate of drug-likeness (QED) is 0.457. The summed E-state index contributed by atoms with van der Waals surface area (Å²) in [6, 6.07) is 0.948. The molecule has 31 heavy (non-hydrogen) atoms. The van der Waals surface area contributed by atoms with Crippen molar-refractivity contribution in [3.05, 3.63) is 17.2 Å². The Kier molecular flexibility index (Phi) is 5.48. The number of carbonyl (C=O) groups excluding carboxylic acids is 1. The van der Waals surface area contributed by atoms with Gasteiger partial charge in [0.25, 0.3) is 5.91 Å². The number of hydrogen-bond donors (Lipinski definition) is 5. The molecule has 2 fully saturated rings. The lowest BCUT2D eigenvalue weighted by Crippen LogP contribution is -2.65. The van der Waals surface area contributed by atoms with Gasteiger partial charge in [0.05, 0.1) is 17.7 Å². The first kappa shape index (κ1) is 20.8. The topological polar surface area (TPSA) is 128 Å². The number of phenolic OH excluding ortho intramolecular Hbond substituents is 1. The zero-order chi connectivity index (χ0) is 21.7. The highest BCUT2D eigenvalue weighted by atomic mass is 16.7. The Balaban J connectivity index is 1.61. The van der Waals surface area contributed by atoms with Crippen LogP contribution < -0.4 is 14.8 Å². The summed E-state index contributed by atoms with van der Waals surface area (Å²) in [5.74, 6) is -0.977. The van der Waals surface area contributed by atoms with E-state index in [4.69, 9.17) is 9.47 Å². The van der Waals surface area contributed by atoms with E-state index in [0.29, 0.717) is 11.3 Å². The molecule has 0 radical (unpaired) electrons. The molecule has 6 atom stereocenters. The number of aromatic hydroxyl groups is 1. The molecule has 170 valence electrons. The SMILES string of the molecule is O=C1NC2C(O)C(O)C(O)C(C3CCCCCCCC3)C2c2cc3c(c(O)c21)OCO3. The fourth-order valence-electron chi connectivity index (χ4n) is 6.27. The second-order valence-corrected chi connectivity index (χ2v) is 9.46. The van der Waals surface area contributed by atoms with Crippen LogP contribution in [-0.4, -0.2) is 57.5 Å². The number of rotatable bonds is 1. The van der Waals surface area contributed by atoms with Gasteiger partial charge in [-0.3, -0.25) is 4.79 Å². The zero-order valence-electron chi connectivity index (χ0n) is 17.5. The first-order valence-corrected chi connectivity index (χ1v) is 11.5. The van der Waals surface area contributed by atoms with Crippen molar-refractivity contribution in [2.75, 3.05) is 6.79 Å². The van der Waals surface area contributed by atoms with Crippen LogP contribution in [0.25, 0.3) is 0 Å². The number of carbonyl (C=O) groups is 1. The van der Waals surface area contributed by atoms with E-state index in [-0.39, 0.29) is 35.7 Å². The summed E-state index contributed by atoms with van der Waals surface area (Å²) in [7, 11) is 0. The second-order valence-electron chi connectivity index (χ2n) is 9.46. The summed E-state index contributed by atoms with van der Waals surface area (Å²) < 4.78 is 10.8. The van der Waals surface area contributed by atoms with Crippen LogP contribution in [0.5, 0.6) is 17.2 Å². The van der Waals surface area contributed by atoms with E-state index < -0.39 is 36.2 Å². The average molecular weight is 434 g/mol. The third-order valence-electron chi connectivity index (χ3n) is 7.76. The van der Waals surface area contributed by atoms with E-state index in [2.05, 4.69) is 5.32 Å². The molecule has 2 aliphatic heterocycles. The zero-order valence-corrected chi connectivity index (χ0v) is 17.5. The lowest BCUT2D eigenvalue weighted by molar-refractivity contribution is -0.143. The molecule has 5 rings (SSSR count). The van der Waals surface area contributed by atoms with E-state index in [1.54, 1.807) is 6.07 Å². The molecule has 2 aliphatic carbocycles. The van der Waals surface area contributed by atoms with Gasteiger partial charge in [-0.2, -0.15) is 0 Å². The predicted molar refractivity (Wildman–Crippen MR) is 110 cm³/mol. The van der Waals surface area contributed by atoms with Crippen LogP contribution in [0.2, 0.25) is 0 Å². The summed E-state index contributed by atoms with van der Waals surface area (Å²) in [6.07, 6.45) is 4.88. The molecule has 8 nitrogen and oxygen atoms in total. The molecule has 5 N–H and O–H groups in total. The lowest BCUT2D eigenvalue weighted by Gasteiger charge is -2.51. The van der Waals surface area contributed by atoms with Crippen LogP contribution in [-0.2, 0) is 0 Å². The fraction of sp³-hybridized carbons (Fsp3) is 0.696. The van der Waals surface area contributed by atoms with Crippen LogP contribution in [0.4, 0.5) is 0 Å². The number of benzene rings is 1. The number of ether oxygens (including phenoxy) is 2. The van der Waals surface area contributed by atoms with Gasteiger partial charge in [-0.25, -0.2) is 0 Å². The van der Waals surface area contributed by atoms with Crippen molar-refractivity contribution in [1.82, 2.24) is 5.32 Å². The molecular formula is C23H31NO7. The van der Waals surface area contributed by atoms with Gasteiger partial charge in [0.1, 0.15) is 12.2 Å². The first-order valence-electron chi connectivity index (χ1n) is 11.5. The third-order valence-corrected chi connectivity index (χ3v) is 7.76.